The SMILES string of the molecule is COc1cnc(Cc2ccc(N3CCOCC3)cc2)nc1Sc1ccc(NC(=O)CCNc2ccc(N3CCOCC3)cc2)cc1. The van der Waals surface area contributed by atoms with Crippen LogP contribution in [0.4, 0.5) is 22.7 Å². The second-order valence-electron chi connectivity index (χ2n) is 11.1. The first kappa shape index (κ1) is 31.7. The third-order valence-corrected chi connectivity index (χ3v) is 8.94. The minimum atomic E-state index is -0.0436. The van der Waals surface area contributed by atoms with Crippen LogP contribution in [0.25, 0.3) is 0 Å². The number of morpholine rings is 2. The maximum absolute atomic E-state index is 12.6. The Hall–Kier alpha value is -4.32. The molecule has 1 amide bonds. The second kappa shape index (κ2) is 15.8. The van der Waals surface area contributed by atoms with Gasteiger partial charge in [-0.1, -0.05) is 23.9 Å². The molecular formula is C35H40N6O4S. The van der Waals surface area contributed by atoms with Crippen molar-refractivity contribution in [3.63, 3.8) is 0 Å². The van der Waals surface area contributed by atoms with Gasteiger partial charge in [0, 0.05) is 73.2 Å². The van der Waals surface area contributed by atoms with E-state index < -0.39 is 0 Å². The Balaban J connectivity index is 0.980. The standard InChI is InChI=1S/C35H40N6O4S/c1-43-32-25-37-33(24-26-2-8-29(9-3-26)40-16-20-44-21-17-40)39-35(32)46-31-12-6-28(7-13-31)38-34(42)14-15-36-27-4-10-30(11-5-27)41-18-22-45-23-19-41/h2-13,25,36H,14-24H2,1H3,(H,38,42). The number of hydrogen-bond donors (Lipinski definition) is 2. The Bertz CT molecular complexity index is 1560. The minimum absolute atomic E-state index is 0.0436. The van der Waals surface area contributed by atoms with Crippen LogP contribution < -0.4 is 25.2 Å². The highest BCUT2D eigenvalue weighted by molar-refractivity contribution is 7.99. The molecule has 0 saturated carbocycles. The first-order chi connectivity index (χ1) is 22.6. The van der Waals surface area contributed by atoms with E-state index in [2.05, 4.69) is 73.9 Å². The molecule has 1 aromatic heterocycles. The number of nitrogens with one attached hydrogen (secondary N) is 2. The molecule has 3 aromatic carbocycles. The molecule has 3 heterocycles. The van der Waals surface area contributed by atoms with E-state index in [0.29, 0.717) is 25.1 Å². The van der Waals surface area contributed by atoms with Crippen LogP contribution in [0.1, 0.15) is 17.8 Å². The smallest absolute Gasteiger partial charge is 0.226 e. The van der Waals surface area contributed by atoms with Gasteiger partial charge in [-0.05, 0) is 66.2 Å². The minimum Gasteiger partial charge on any atom is -0.492 e. The Labute approximate surface area is 274 Å². The maximum Gasteiger partial charge on any atom is 0.226 e. The zero-order valence-corrected chi connectivity index (χ0v) is 26.9. The highest BCUT2D eigenvalue weighted by Gasteiger charge is 2.14. The Kier molecular flexibility index (Phi) is 10.9. The fourth-order valence-electron chi connectivity index (χ4n) is 5.39. The summed E-state index contributed by atoms with van der Waals surface area (Å²) in [5.74, 6) is 1.31. The van der Waals surface area contributed by atoms with E-state index in [1.165, 1.54) is 23.1 Å². The average Bonchev–Trinajstić information content (AvgIpc) is 3.11. The Morgan fingerprint density at radius 1 is 0.826 bits per heavy atom. The van der Waals surface area contributed by atoms with Crippen molar-refractivity contribution in [2.75, 3.05) is 86.7 Å². The first-order valence-electron chi connectivity index (χ1n) is 15.7. The highest BCUT2D eigenvalue weighted by atomic mass is 32.2. The number of hydrogen-bond acceptors (Lipinski definition) is 10. The summed E-state index contributed by atoms with van der Waals surface area (Å²) >= 11 is 1.51. The summed E-state index contributed by atoms with van der Waals surface area (Å²) < 4.78 is 16.5. The van der Waals surface area contributed by atoms with Crippen LogP contribution in [0.15, 0.2) is 88.9 Å². The maximum atomic E-state index is 12.6. The number of rotatable bonds is 12. The number of anilines is 4. The monoisotopic (exact) mass is 640 g/mol. The normalized spacial score (nSPS) is 15.0. The van der Waals surface area contributed by atoms with Crippen LogP contribution in [-0.2, 0) is 20.7 Å². The van der Waals surface area contributed by atoms with Crippen LogP contribution in [0.5, 0.6) is 5.75 Å². The number of nitrogens with zero attached hydrogens (tertiary/aromatic N) is 4. The van der Waals surface area contributed by atoms with Crippen molar-refractivity contribution in [1.29, 1.82) is 0 Å². The number of amides is 1. The molecule has 6 rings (SSSR count). The topological polar surface area (TPSA) is 101 Å². The molecule has 10 nitrogen and oxygen atoms in total. The molecule has 0 unspecified atom stereocenters. The zero-order chi connectivity index (χ0) is 31.6. The molecule has 11 heteroatoms. The molecule has 0 atom stereocenters. The van der Waals surface area contributed by atoms with Crippen LogP contribution >= 0.6 is 11.8 Å². The Morgan fingerprint density at radius 3 is 2.02 bits per heavy atom. The van der Waals surface area contributed by atoms with E-state index in [1.54, 1.807) is 13.3 Å². The number of ether oxygens (including phenoxy) is 3. The predicted octanol–water partition coefficient (Wildman–Crippen LogP) is 5.34. The fraction of sp³-hybridized carbons (Fsp3) is 0.343. The summed E-state index contributed by atoms with van der Waals surface area (Å²) in [6.07, 6.45) is 2.72. The molecule has 0 spiro atoms. The van der Waals surface area contributed by atoms with Crippen LogP contribution in [0.3, 0.4) is 0 Å². The number of aromatic nitrogens is 2. The molecule has 0 bridgehead atoms. The zero-order valence-electron chi connectivity index (χ0n) is 26.1. The third kappa shape index (κ3) is 8.68. The van der Waals surface area contributed by atoms with Gasteiger partial charge in [-0.15, -0.1) is 0 Å². The van der Waals surface area contributed by atoms with Gasteiger partial charge >= 0.3 is 0 Å². The fourth-order valence-corrected chi connectivity index (χ4v) is 6.27. The molecule has 2 aliphatic heterocycles. The molecule has 4 aromatic rings. The van der Waals surface area contributed by atoms with Crippen molar-refractivity contribution in [3.8, 4) is 5.75 Å². The van der Waals surface area contributed by atoms with E-state index in [1.807, 2.05) is 24.3 Å². The van der Waals surface area contributed by atoms with Crippen molar-refractivity contribution < 1.29 is 19.0 Å². The molecule has 2 fully saturated rings. The van der Waals surface area contributed by atoms with Gasteiger partial charge < -0.3 is 34.6 Å². The molecule has 0 aliphatic carbocycles. The number of carbonyl (C=O) groups excluding carboxylic acids is 1. The van der Waals surface area contributed by atoms with Crippen molar-refractivity contribution in [2.24, 2.45) is 0 Å². The summed E-state index contributed by atoms with van der Waals surface area (Å²) in [5.41, 5.74) is 5.30. The van der Waals surface area contributed by atoms with Gasteiger partial charge in [0.1, 0.15) is 10.9 Å². The van der Waals surface area contributed by atoms with E-state index >= 15 is 0 Å². The molecule has 2 saturated heterocycles. The van der Waals surface area contributed by atoms with E-state index in [9.17, 15) is 4.79 Å². The summed E-state index contributed by atoms with van der Waals surface area (Å²) in [4.78, 5) is 27.6. The van der Waals surface area contributed by atoms with Crippen LogP contribution in [0.2, 0.25) is 0 Å². The summed E-state index contributed by atoms with van der Waals surface area (Å²) in [7, 11) is 1.63. The molecule has 240 valence electrons. The molecule has 0 radical (unpaired) electrons. The number of benzene rings is 3. The molecular weight excluding hydrogens is 600 g/mol. The summed E-state index contributed by atoms with van der Waals surface area (Å²) in [6, 6.07) is 24.7. The molecule has 2 aliphatic rings. The molecule has 2 N–H and O–H groups in total. The van der Waals surface area contributed by atoms with Crippen LogP contribution in [-0.4, -0.2) is 82.1 Å². The van der Waals surface area contributed by atoms with Crippen molar-refractivity contribution >= 4 is 40.4 Å². The van der Waals surface area contributed by atoms with E-state index in [-0.39, 0.29) is 5.91 Å². The van der Waals surface area contributed by atoms with Gasteiger partial charge in [-0.2, -0.15) is 0 Å². The predicted molar refractivity (Wildman–Crippen MR) is 183 cm³/mol. The lowest BCUT2D eigenvalue weighted by atomic mass is 10.1. The second-order valence-corrected chi connectivity index (χ2v) is 12.2. The average molecular weight is 641 g/mol. The first-order valence-corrected chi connectivity index (χ1v) is 16.5. The quantitative estimate of drug-likeness (QED) is 0.197. The van der Waals surface area contributed by atoms with Gasteiger partial charge in [0.2, 0.25) is 5.91 Å². The van der Waals surface area contributed by atoms with Crippen molar-refractivity contribution in [2.45, 2.75) is 22.8 Å². The highest BCUT2D eigenvalue weighted by Crippen LogP contribution is 2.33. The Morgan fingerprint density at radius 2 is 1.41 bits per heavy atom. The van der Waals surface area contributed by atoms with Gasteiger partial charge in [-0.3, -0.25) is 4.79 Å². The largest absolute Gasteiger partial charge is 0.492 e. The summed E-state index contributed by atoms with van der Waals surface area (Å²) in [6.45, 7) is 7.26. The van der Waals surface area contributed by atoms with Gasteiger partial charge in [-0.25, -0.2) is 9.97 Å². The van der Waals surface area contributed by atoms with Crippen molar-refractivity contribution in [1.82, 2.24) is 9.97 Å². The third-order valence-electron chi connectivity index (χ3n) is 7.94. The summed E-state index contributed by atoms with van der Waals surface area (Å²) in [5, 5.41) is 7.07. The van der Waals surface area contributed by atoms with Gasteiger partial charge in [0.25, 0.3) is 0 Å². The van der Waals surface area contributed by atoms with E-state index in [4.69, 9.17) is 19.2 Å². The molecule has 46 heavy (non-hydrogen) atoms. The lowest BCUT2D eigenvalue weighted by molar-refractivity contribution is -0.115. The van der Waals surface area contributed by atoms with Gasteiger partial charge in [0.05, 0.1) is 39.7 Å². The lowest BCUT2D eigenvalue weighted by Crippen LogP contribution is -2.36. The van der Waals surface area contributed by atoms with Crippen molar-refractivity contribution in [3.05, 3.63) is 90.4 Å². The van der Waals surface area contributed by atoms with Crippen LogP contribution in [0, 0.1) is 0 Å². The van der Waals surface area contributed by atoms with E-state index in [0.717, 1.165) is 85.3 Å². The van der Waals surface area contributed by atoms with Gasteiger partial charge in [0.15, 0.2) is 5.75 Å². The number of methoxy groups -OCH3 is 1. The number of carbonyl (C=O) groups is 1. The lowest BCUT2D eigenvalue weighted by Gasteiger charge is -2.28.